The van der Waals surface area contributed by atoms with E-state index in [0.29, 0.717) is 18.1 Å². The summed E-state index contributed by atoms with van der Waals surface area (Å²) in [5, 5.41) is 7.54. The molecule has 0 spiro atoms. The van der Waals surface area contributed by atoms with Crippen molar-refractivity contribution in [1.29, 1.82) is 0 Å². The van der Waals surface area contributed by atoms with Crippen molar-refractivity contribution in [3.63, 3.8) is 0 Å². The predicted octanol–water partition coefficient (Wildman–Crippen LogP) is 4.97. The molecule has 2 aromatic rings. The van der Waals surface area contributed by atoms with E-state index in [1.54, 1.807) is 0 Å². The minimum atomic E-state index is -0.155. The van der Waals surface area contributed by atoms with Crippen molar-refractivity contribution in [1.82, 2.24) is 5.32 Å². The highest BCUT2D eigenvalue weighted by atomic mass is 32.1. The number of carbonyl (C=O) groups excluding carboxylic acids is 1. The van der Waals surface area contributed by atoms with Crippen molar-refractivity contribution in [3.8, 4) is 5.75 Å². The van der Waals surface area contributed by atoms with E-state index in [2.05, 4.69) is 22.8 Å². The molecule has 1 aliphatic carbocycles. The topological polar surface area (TPSA) is 53.6 Å². The first-order valence-electron chi connectivity index (χ1n) is 10.8. The zero-order valence-corrected chi connectivity index (χ0v) is 18.3. The summed E-state index contributed by atoms with van der Waals surface area (Å²) in [4.78, 5) is 13.9. The van der Waals surface area contributed by atoms with Gasteiger partial charge in [0.25, 0.3) is 0 Å². The summed E-state index contributed by atoms with van der Waals surface area (Å²) in [7, 11) is 0. The van der Waals surface area contributed by atoms with E-state index < -0.39 is 0 Å². The molecule has 1 saturated heterocycles. The van der Waals surface area contributed by atoms with Crippen LogP contribution in [0.5, 0.6) is 5.75 Å². The van der Waals surface area contributed by atoms with E-state index >= 15 is 0 Å². The minimum absolute atomic E-state index is 0.155. The quantitative estimate of drug-likeness (QED) is 0.643. The molecule has 1 aliphatic heterocycles. The fourth-order valence-corrected chi connectivity index (χ4v) is 4.87. The Kier molecular flexibility index (Phi) is 6.23. The monoisotopic (exact) mass is 423 g/mol. The van der Waals surface area contributed by atoms with Crippen molar-refractivity contribution in [2.24, 2.45) is 0 Å². The number of amides is 1. The Hall–Kier alpha value is -2.60. The number of thiocarbonyl (C=S) groups is 1. The van der Waals surface area contributed by atoms with Crippen molar-refractivity contribution >= 4 is 34.6 Å². The van der Waals surface area contributed by atoms with Gasteiger partial charge in [-0.15, -0.1) is 0 Å². The van der Waals surface area contributed by atoms with E-state index in [0.717, 1.165) is 42.9 Å². The molecule has 0 unspecified atom stereocenters. The summed E-state index contributed by atoms with van der Waals surface area (Å²) < 4.78 is 5.59. The molecule has 2 fully saturated rings. The van der Waals surface area contributed by atoms with Crippen molar-refractivity contribution < 1.29 is 9.53 Å². The maximum absolute atomic E-state index is 12.1. The van der Waals surface area contributed by atoms with Crippen LogP contribution in [0.2, 0.25) is 0 Å². The summed E-state index contributed by atoms with van der Waals surface area (Å²) in [6.45, 7) is 3.44. The van der Waals surface area contributed by atoms with Crippen LogP contribution in [0.1, 0.15) is 51.0 Å². The first kappa shape index (κ1) is 20.7. The zero-order chi connectivity index (χ0) is 21.0. The number of ether oxygens (including phenoxy) is 1. The molecular weight excluding hydrogens is 394 g/mol. The predicted molar refractivity (Wildman–Crippen MR) is 125 cm³/mol. The van der Waals surface area contributed by atoms with Gasteiger partial charge >= 0.3 is 0 Å². The Bertz CT molecular complexity index is 907. The van der Waals surface area contributed by atoms with Gasteiger partial charge in [0.2, 0.25) is 5.91 Å². The van der Waals surface area contributed by atoms with E-state index in [4.69, 9.17) is 17.0 Å². The molecule has 30 heavy (non-hydrogen) atoms. The second-order valence-corrected chi connectivity index (χ2v) is 8.43. The molecule has 6 heteroatoms. The van der Waals surface area contributed by atoms with Gasteiger partial charge in [0.05, 0.1) is 12.1 Å². The third kappa shape index (κ3) is 4.43. The van der Waals surface area contributed by atoms with Gasteiger partial charge in [-0.3, -0.25) is 4.79 Å². The Morgan fingerprint density at radius 3 is 2.57 bits per heavy atom. The fourth-order valence-electron chi connectivity index (χ4n) is 4.55. The van der Waals surface area contributed by atoms with Gasteiger partial charge < -0.3 is 20.3 Å². The number of carbonyl (C=O) groups is 1. The van der Waals surface area contributed by atoms with E-state index in [-0.39, 0.29) is 11.4 Å². The average molecular weight is 424 g/mol. The standard InChI is InChI=1S/C24H29N3O2S/c1-2-29-21-12-10-18(11-13-21)24(14-3-4-15-24)26-23(30)25-19-7-5-8-20(17-19)27-16-6-9-22(27)28/h5,7-8,10-13,17H,2-4,6,9,14-16H2,1H3,(H2,25,26,30). The highest BCUT2D eigenvalue weighted by Gasteiger charge is 2.36. The molecule has 0 bridgehead atoms. The lowest BCUT2D eigenvalue weighted by atomic mass is 9.88. The van der Waals surface area contributed by atoms with Gasteiger partial charge in [-0.25, -0.2) is 0 Å². The maximum Gasteiger partial charge on any atom is 0.227 e. The summed E-state index contributed by atoms with van der Waals surface area (Å²) >= 11 is 5.69. The molecule has 158 valence electrons. The number of rotatable bonds is 6. The second-order valence-electron chi connectivity index (χ2n) is 8.02. The number of anilines is 2. The molecule has 5 nitrogen and oxygen atoms in total. The Balaban J connectivity index is 1.47. The van der Waals surface area contributed by atoms with E-state index in [1.807, 2.05) is 48.2 Å². The first-order valence-corrected chi connectivity index (χ1v) is 11.2. The molecular formula is C24H29N3O2S. The second kappa shape index (κ2) is 9.04. The third-order valence-corrected chi connectivity index (χ3v) is 6.22. The third-order valence-electron chi connectivity index (χ3n) is 6.02. The summed E-state index contributed by atoms with van der Waals surface area (Å²) in [5.74, 6) is 1.08. The van der Waals surface area contributed by atoms with Crippen LogP contribution >= 0.6 is 12.2 Å². The highest BCUT2D eigenvalue weighted by molar-refractivity contribution is 7.80. The smallest absolute Gasteiger partial charge is 0.227 e. The van der Waals surface area contributed by atoms with Crippen molar-refractivity contribution in [2.45, 2.75) is 51.0 Å². The molecule has 1 heterocycles. The lowest BCUT2D eigenvalue weighted by Crippen LogP contribution is -2.45. The van der Waals surface area contributed by atoms with Gasteiger partial charge in [-0.2, -0.15) is 0 Å². The summed E-state index contributed by atoms with van der Waals surface area (Å²) in [6.07, 6.45) is 5.99. The van der Waals surface area contributed by atoms with Crippen LogP contribution in [-0.4, -0.2) is 24.2 Å². The van der Waals surface area contributed by atoms with Crippen LogP contribution in [0.4, 0.5) is 11.4 Å². The van der Waals surface area contributed by atoms with Gasteiger partial charge in [0, 0.05) is 24.3 Å². The van der Waals surface area contributed by atoms with Crippen LogP contribution in [-0.2, 0) is 10.3 Å². The Labute approximate surface area is 183 Å². The number of nitrogens with one attached hydrogen (secondary N) is 2. The molecule has 0 radical (unpaired) electrons. The SMILES string of the molecule is CCOc1ccc(C2(NC(=S)Nc3cccc(N4CCCC4=O)c3)CCCC2)cc1. The molecule has 0 aromatic heterocycles. The molecule has 1 saturated carbocycles. The lowest BCUT2D eigenvalue weighted by Gasteiger charge is -2.32. The highest BCUT2D eigenvalue weighted by Crippen LogP contribution is 2.39. The largest absolute Gasteiger partial charge is 0.494 e. The summed E-state index contributed by atoms with van der Waals surface area (Å²) in [5.41, 5.74) is 2.90. The van der Waals surface area contributed by atoms with Gasteiger partial charge in [0.1, 0.15) is 5.75 Å². The number of nitrogens with zero attached hydrogens (tertiary/aromatic N) is 1. The number of benzene rings is 2. The molecule has 1 amide bonds. The molecule has 0 atom stereocenters. The maximum atomic E-state index is 12.1. The van der Waals surface area contributed by atoms with Gasteiger partial charge in [-0.05, 0) is 74.3 Å². The van der Waals surface area contributed by atoms with Crippen LogP contribution in [0.25, 0.3) is 0 Å². The normalized spacial score (nSPS) is 17.8. The molecule has 2 aliphatic rings. The van der Waals surface area contributed by atoms with Crippen molar-refractivity contribution in [2.75, 3.05) is 23.4 Å². The van der Waals surface area contributed by atoms with Crippen LogP contribution in [0.3, 0.4) is 0 Å². The fraction of sp³-hybridized carbons (Fsp3) is 0.417. The Morgan fingerprint density at radius 1 is 1.13 bits per heavy atom. The molecule has 2 N–H and O–H groups in total. The van der Waals surface area contributed by atoms with Gasteiger partial charge in [-0.1, -0.05) is 31.0 Å². The molecule has 2 aromatic carbocycles. The summed E-state index contributed by atoms with van der Waals surface area (Å²) in [6, 6.07) is 16.3. The minimum Gasteiger partial charge on any atom is -0.494 e. The zero-order valence-electron chi connectivity index (χ0n) is 17.4. The van der Waals surface area contributed by atoms with Crippen LogP contribution in [0, 0.1) is 0 Å². The number of hydrogen-bond acceptors (Lipinski definition) is 3. The lowest BCUT2D eigenvalue weighted by molar-refractivity contribution is -0.117. The van der Waals surface area contributed by atoms with E-state index in [1.165, 1.54) is 18.4 Å². The first-order chi connectivity index (χ1) is 14.6. The van der Waals surface area contributed by atoms with Gasteiger partial charge in [0.15, 0.2) is 5.11 Å². The average Bonchev–Trinajstić information content (AvgIpc) is 3.38. The Morgan fingerprint density at radius 2 is 1.90 bits per heavy atom. The number of hydrogen-bond donors (Lipinski definition) is 2. The van der Waals surface area contributed by atoms with Crippen LogP contribution in [0.15, 0.2) is 48.5 Å². The van der Waals surface area contributed by atoms with Crippen LogP contribution < -0.4 is 20.3 Å². The molecule has 4 rings (SSSR count). The van der Waals surface area contributed by atoms with E-state index in [9.17, 15) is 4.79 Å². The van der Waals surface area contributed by atoms with Crippen molar-refractivity contribution in [3.05, 3.63) is 54.1 Å².